The summed E-state index contributed by atoms with van der Waals surface area (Å²) in [6.07, 6.45) is 0. The Morgan fingerprint density at radius 2 is 1.73 bits per heavy atom. The maximum absolute atomic E-state index is 12.3. The van der Waals surface area contributed by atoms with E-state index in [4.69, 9.17) is 9.47 Å². The molecule has 0 aliphatic rings. The average molecular weight is 356 g/mol. The summed E-state index contributed by atoms with van der Waals surface area (Å²) < 4.78 is 10.5. The Labute approximate surface area is 153 Å². The van der Waals surface area contributed by atoms with Gasteiger partial charge in [0, 0.05) is 7.05 Å². The Kier molecular flexibility index (Phi) is 6.60. The van der Waals surface area contributed by atoms with Gasteiger partial charge >= 0.3 is 12.0 Å². The molecular weight excluding hydrogens is 332 g/mol. The third kappa shape index (κ3) is 5.24. The zero-order valence-corrected chi connectivity index (χ0v) is 15.5. The second kappa shape index (κ2) is 8.89. The van der Waals surface area contributed by atoms with E-state index in [0.29, 0.717) is 24.4 Å². The van der Waals surface area contributed by atoms with Gasteiger partial charge in [0.1, 0.15) is 12.4 Å². The monoisotopic (exact) mass is 356 g/mol. The Balaban J connectivity index is 1.91. The van der Waals surface area contributed by atoms with Crippen LogP contribution in [0.25, 0.3) is 0 Å². The second-order valence-electron chi connectivity index (χ2n) is 6.06. The smallest absolute Gasteiger partial charge is 0.339 e. The summed E-state index contributed by atoms with van der Waals surface area (Å²) in [4.78, 5) is 25.6. The SMILES string of the molecule is COC(=O)c1ccccc1NC(=O)N(C)CCOc1cc(C)cc(C)c1. The predicted octanol–water partition coefficient (Wildman–Crippen LogP) is 3.63. The lowest BCUT2D eigenvalue weighted by molar-refractivity contribution is 0.0602. The van der Waals surface area contributed by atoms with Crippen molar-refractivity contribution in [2.45, 2.75) is 13.8 Å². The normalized spacial score (nSPS) is 10.2. The molecule has 2 rings (SSSR count). The van der Waals surface area contributed by atoms with E-state index in [2.05, 4.69) is 11.4 Å². The van der Waals surface area contributed by atoms with Crippen molar-refractivity contribution in [3.8, 4) is 5.75 Å². The molecule has 2 aromatic rings. The third-order valence-corrected chi connectivity index (χ3v) is 3.81. The lowest BCUT2D eigenvalue weighted by atomic mass is 10.1. The van der Waals surface area contributed by atoms with Crippen molar-refractivity contribution >= 4 is 17.7 Å². The fourth-order valence-corrected chi connectivity index (χ4v) is 2.51. The Morgan fingerprint density at radius 3 is 2.38 bits per heavy atom. The van der Waals surface area contributed by atoms with Crippen LogP contribution in [0.1, 0.15) is 21.5 Å². The van der Waals surface area contributed by atoms with E-state index in [1.54, 1.807) is 31.3 Å². The first kappa shape index (κ1) is 19.3. The van der Waals surface area contributed by atoms with Crippen LogP contribution in [0.5, 0.6) is 5.75 Å². The Bertz CT molecular complexity index is 769. The van der Waals surface area contributed by atoms with Crippen LogP contribution in [0, 0.1) is 13.8 Å². The highest BCUT2D eigenvalue weighted by atomic mass is 16.5. The number of esters is 1. The largest absolute Gasteiger partial charge is 0.492 e. The maximum atomic E-state index is 12.3. The summed E-state index contributed by atoms with van der Waals surface area (Å²) in [6, 6.07) is 12.4. The van der Waals surface area contributed by atoms with Gasteiger partial charge in [0.2, 0.25) is 0 Å². The summed E-state index contributed by atoms with van der Waals surface area (Å²) in [5.41, 5.74) is 2.98. The number of methoxy groups -OCH3 is 1. The van der Waals surface area contributed by atoms with E-state index in [0.717, 1.165) is 16.9 Å². The summed E-state index contributed by atoms with van der Waals surface area (Å²) in [5.74, 6) is 0.286. The number of aryl methyl sites for hydroxylation is 2. The van der Waals surface area contributed by atoms with E-state index in [-0.39, 0.29) is 6.03 Å². The van der Waals surface area contributed by atoms with E-state index < -0.39 is 5.97 Å². The van der Waals surface area contributed by atoms with Crippen molar-refractivity contribution in [3.05, 3.63) is 59.2 Å². The van der Waals surface area contributed by atoms with Crippen molar-refractivity contribution in [3.63, 3.8) is 0 Å². The minimum atomic E-state index is -0.498. The van der Waals surface area contributed by atoms with Crippen LogP contribution in [0.4, 0.5) is 10.5 Å². The van der Waals surface area contributed by atoms with Gasteiger partial charge in [-0.1, -0.05) is 18.2 Å². The number of hydrogen-bond donors (Lipinski definition) is 1. The number of rotatable bonds is 6. The molecule has 0 fully saturated rings. The molecule has 6 nitrogen and oxygen atoms in total. The number of nitrogens with zero attached hydrogens (tertiary/aromatic N) is 1. The summed E-state index contributed by atoms with van der Waals surface area (Å²) in [5, 5.41) is 2.72. The Morgan fingerprint density at radius 1 is 1.08 bits per heavy atom. The van der Waals surface area contributed by atoms with Gasteiger partial charge in [-0.2, -0.15) is 0 Å². The fraction of sp³-hybridized carbons (Fsp3) is 0.300. The number of urea groups is 1. The number of likely N-dealkylation sites (N-methyl/N-ethyl adjacent to an activating group) is 1. The van der Waals surface area contributed by atoms with Crippen LogP contribution < -0.4 is 10.1 Å². The van der Waals surface area contributed by atoms with Crippen LogP contribution in [0.3, 0.4) is 0 Å². The quantitative estimate of drug-likeness (QED) is 0.803. The number of benzene rings is 2. The molecule has 0 saturated heterocycles. The van der Waals surface area contributed by atoms with Crippen LogP contribution in [0.2, 0.25) is 0 Å². The highest BCUT2D eigenvalue weighted by molar-refractivity contribution is 6.00. The number of hydrogen-bond acceptors (Lipinski definition) is 4. The minimum absolute atomic E-state index is 0.309. The topological polar surface area (TPSA) is 67.9 Å². The molecule has 0 aliphatic carbocycles. The first-order chi connectivity index (χ1) is 12.4. The molecular formula is C20H24N2O4. The van der Waals surface area contributed by atoms with Gasteiger partial charge in [-0.05, 0) is 49.2 Å². The van der Waals surface area contributed by atoms with Crippen molar-refractivity contribution in [2.24, 2.45) is 0 Å². The first-order valence-corrected chi connectivity index (χ1v) is 8.31. The molecule has 6 heteroatoms. The molecule has 0 spiro atoms. The number of para-hydroxylation sites is 1. The van der Waals surface area contributed by atoms with E-state index in [9.17, 15) is 9.59 Å². The molecule has 2 aromatic carbocycles. The number of anilines is 1. The molecule has 1 N–H and O–H groups in total. The maximum Gasteiger partial charge on any atom is 0.339 e. The van der Waals surface area contributed by atoms with Gasteiger partial charge in [0.15, 0.2) is 0 Å². The van der Waals surface area contributed by atoms with Gasteiger partial charge in [-0.3, -0.25) is 0 Å². The van der Waals surface area contributed by atoms with E-state index in [1.165, 1.54) is 12.0 Å². The summed E-state index contributed by atoms with van der Waals surface area (Å²) >= 11 is 0. The van der Waals surface area contributed by atoms with Crippen LogP contribution >= 0.6 is 0 Å². The minimum Gasteiger partial charge on any atom is -0.492 e. The molecule has 138 valence electrons. The van der Waals surface area contributed by atoms with Gasteiger partial charge in [0.05, 0.1) is 24.9 Å². The molecule has 26 heavy (non-hydrogen) atoms. The molecule has 0 heterocycles. The highest BCUT2D eigenvalue weighted by Crippen LogP contribution is 2.17. The van der Waals surface area contributed by atoms with Gasteiger partial charge in [0.25, 0.3) is 0 Å². The predicted molar refractivity (Wildman–Crippen MR) is 101 cm³/mol. The standard InChI is InChI=1S/C20H24N2O4/c1-14-11-15(2)13-16(12-14)26-10-9-22(3)20(24)21-18-8-6-5-7-17(18)19(23)25-4/h5-8,11-13H,9-10H2,1-4H3,(H,21,24). The van der Waals surface area contributed by atoms with Gasteiger partial charge < -0.3 is 19.7 Å². The first-order valence-electron chi connectivity index (χ1n) is 8.31. The zero-order valence-electron chi connectivity index (χ0n) is 15.5. The lowest BCUT2D eigenvalue weighted by Gasteiger charge is -2.19. The fourth-order valence-electron chi connectivity index (χ4n) is 2.51. The molecule has 0 radical (unpaired) electrons. The van der Waals surface area contributed by atoms with Crippen LogP contribution in [0.15, 0.2) is 42.5 Å². The summed E-state index contributed by atoms with van der Waals surface area (Å²) in [7, 11) is 2.97. The number of nitrogens with one attached hydrogen (secondary N) is 1. The zero-order chi connectivity index (χ0) is 19.1. The number of carbonyl (C=O) groups excluding carboxylic acids is 2. The van der Waals surface area contributed by atoms with Gasteiger partial charge in [-0.15, -0.1) is 0 Å². The van der Waals surface area contributed by atoms with E-state index >= 15 is 0 Å². The van der Waals surface area contributed by atoms with Crippen molar-refractivity contribution in [1.82, 2.24) is 4.90 Å². The average Bonchev–Trinajstić information content (AvgIpc) is 2.60. The lowest BCUT2D eigenvalue weighted by Crippen LogP contribution is -2.35. The molecule has 0 aromatic heterocycles. The van der Waals surface area contributed by atoms with Crippen LogP contribution in [-0.2, 0) is 4.74 Å². The molecule has 0 unspecified atom stereocenters. The Hall–Kier alpha value is -3.02. The van der Waals surface area contributed by atoms with E-state index in [1.807, 2.05) is 26.0 Å². The molecule has 0 atom stereocenters. The number of amides is 2. The van der Waals surface area contributed by atoms with Crippen molar-refractivity contribution in [1.29, 1.82) is 0 Å². The van der Waals surface area contributed by atoms with Crippen LogP contribution in [-0.4, -0.2) is 44.2 Å². The number of ether oxygens (including phenoxy) is 2. The van der Waals surface area contributed by atoms with Crippen molar-refractivity contribution < 1.29 is 19.1 Å². The number of carbonyl (C=O) groups is 2. The van der Waals surface area contributed by atoms with Gasteiger partial charge in [-0.25, -0.2) is 9.59 Å². The molecule has 0 aliphatic heterocycles. The van der Waals surface area contributed by atoms with Crippen molar-refractivity contribution in [2.75, 3.05) is 32.6 Å². The molecule has 2 amide bonds. The highest BCUT2D eigenvalue weighted by Gasteiger charge is 2.15. The third-order valence-electron chi connectivity index (χ3n) is 3.81. The summed E-state index contributed by atoms with van der Waals surface area (Å²) in [6.45, 7) is 4.79. The second-order valence-corrected chi connectivity index (χ2v) is 6.06. The molecule has 0 bridgehead atoms. The molecule has 0 saturated carbocycles.